The Balaban J connectivity index is 4.58. The van der Waals surface area contributed by atoms with Crippen LogP contribution >= 0.6 is 0 Å². The van der Waals surface area contributed by atoms with Gasteiger partial charge in [0.05, 0.1) is 5.60 Å². The third-order valence-electron chi connectivity index (χ3n) is 3.01. The van der Waals surface area contributed by atoms with Gasteiger partial charge in [0.2, 0.25) is 0 Å². The Hall–Kier alpha value is -0.0800. The Kier molecular flexibility index (Phi) is 4.60. The minimum Gasteiger partial charge on any atom is -0.390 e. The average molecular weight is 201 g/mol. The fraction of sp³-hybridized carbons (Fsp3) is 1.00. The first-order chi connectivity index (χ1) is 6.08. The standard InChI is InChI=1S/C12H27NO/c1-7-9(2)10(12(5,6)13)8-11(3,4)14/h9-10,14H,7-8,13H2,1-6H3/t9?,10-/m1/s1. The zero-order valence-electron chi connectivity index (χ0n) is 10.6. The molecule has 0 fully saturated rings. The van der Waals surface area contributed by atoms with Gasteiger partial charge < -0.3 is 10.8 Å². The van der Waals surface area contributed by atoms with Gasteiger partial charge in [0.15, 0.2) is 0 Å². The molecule has 0 saturated carbocycles. The first kappa shape index (κ1) is 13.9. The monoisotopic (exact) mass is 201 g/mol. The largest absolute Gasteiger partial charge is 0.390 e. The molecule has 0 amide bonds. The second-order valence-electron chi connectivity index (χ2n) is 5.83. The van der Waals surface area contributed by atoms with Gasteiger partial charge in [0.1, 0.15) is 0 Å². The zero-order valence-corrected chi connectivity index (χ0v) is 10.6. The molecule has 0 saturated heterocycles. The molecule has 2 nitrogen and oxygen atoms in total. The lowest BCUT2D eigenvalue weighted by Crippen LogP contribution is -2.46. The molecule has 3 N–H and O–H groups in total. The summed E-state index contributed by atoms with van der Waals surface area (Å²) in [5.74, 6) is 0.925. The maximum absolute atomic E-state index is 9.84. The fourth-order valence-corrected chi connectivity index (χ4v) is 2.02. The SMILES string of the molecule is CCC(C)[C@@H](CC(C)(C)O)C(C)(C)N. The summed E-state index contributed by atoms with van der Waals surface area (Å²) >= 11 is 0. The van der Waals surface area contributed by atoms with Gasteiger partial charge in [-0.15, -0.1) is 0 Å². The first-order valence-corrected chi connectivity index (χ1v) is 5.59. The highest BCUT2D eigenvalue weighted by Crippen LogP contribution is 2.32. The van der Waals surface area contributed by atoms with Crippen LogP contribution < -0.4 is 5.73 Å². The molecule has 0 rings (SSSR count). The van der Waals surface area contributed by atoms with E-state index in [2.05, 4.69) is 27.7 Å². The van der Waals surface area contributed by atoms with Gasteiger partial charge in [-0.1, -0.05) is 20.3 Å². The van der Waals surface area contributed by atoms with Crippen molar-refractivity contribution in [1.29, 1.82) is 0 Å². The van der Waals surface area contributed by atoms with E-state index in [9.17, 15) is 5.11 Å². The molecule has 0 radical (unpaired) electrons. The summed E-state index contributed by atoms with van der Waals surface area (Å²) in [7, 11) is 0. The van der Waals surface area contributed by atoms with E-state index < -0.39 is 5.60 Å². The molecule has 0 aromatic heterocycles. The van der Waals surface area contributed by atoms with Crippen LogP contribution in [0, 0.1) is 11.8 Å². The number of hydrogen-bond donors (Lipinski definition) is 2. The molecule has 0 aliphatic heterocycles. The van der Waals surface area contributed by atoms with E-state index in [1.807, 2.05) is 13.8 Å². The normalized spacial score (nSPS) is 18.0. The van der Waals surface area contributed by atoms with Gasteiger partial charge in [-0.25, -0.2) is 0 Å². The minimum atomic E-state index is -0.620. The van der Waals surface area contributed by atoms with E-state index in [0.29, 0.717) is 11.8 Å². The van der Waals surface area contributed by atoms with Crippen LogP contribution in [0.1, 0.15) is 54.4 Å². The predicted molar refractivity (Wildman–Crippen MR) is 62.1 cm³/mol. The molecule has 2 atom stereocenters. The Labute approximate surface area is 88.9 Å². The van der Waals surface area contributed by atoms with Crippen LogP contribution in [0.3, 0.4) is 0 Å². The van der Waals surface area contributed by atoms with Crippen molar-refractivity contribution in [1.82, 2.24) is 0 Å². The Morgan fingerprint density at radius 1 is 1.21 bits per heavy atom. The van der Waals surface area contributed by atoms with Crippen molar-refractivity contribution < 1.29 is 5.11 Å². The van der Waals surface area contributed by atoms with E-state index in [0.717, 1.165) is 12.8 Å². The molecule has 86 valence electrons. The van der Waals surface area contributed by atoms with Gasteiger partial charge in [-0.2, -0.15) is 0 Å². The number of hydrogen-bond acceptors (Lipinski definition) is 2. The summed E-state index contributed by atoms with van der Waals surface area (Å²) in [6.07, 6.45) is 1.88. The summed E-state index contributed by atoms with van der Waals surface area (Å²) in [5.41, 5.74) is 5.32. The molecule has 0 aliphatic rings. The first-order valence-electron chi connectivity index (χ1n) is 5.59. The van der Waals surface area contributed by atoms with Crippen molar-refractivity contribution in [3.63, 3.8) is 0 Å². The molecule has 2 heteroatoms. The lowest BCUT2D eigenvalue weighted by atomic mass is 9.73. The quantitative estimate of drug-likeness (QED) is 0.718. The van der Waals surface area contributed by atoms with Crippen molar-refractivity contribution in [2.24, 2.45) is 17.6 Å². The van der Waals surface area contributed by atoms with Gasteiger partial charge in [0, 0.05) is 5.54 Å². The number of nitrogens with two attached hydrogens (primary N) is 1. The van der Waals surface area contributed by atoms with Crippen molar-refractivity contribution in [3.05, 3.63) is 0 Å². The highest BCUT2D eigenvalue weighted by atomic mass is 16.3. The molecule has 0 aromatic carbocycles. The lowest BCUT2D eigenvalue weighted by molar-refractivity contribution is 0.0253. The molecular weight excluding hydrogens is 174 g/mol. The molecule has 0 bridgehead atoms. The van der Waals surface area contributed by atoms with E-state index in [1.54, 1.807) is 0 Å². The van der Waals surface area contributed by atoms with Crippen LogP contribution in [0.5, 0.6) is 0 Å². The Morgan fingerprint density at radius 2 is 1.64 bits per heavy atom. The Morgan fingerprint density at radius 3 is 1.86 bits per heavy atom. The summed E-state index contributed by atoms with van der Waals surface area (Å²) in [5, 5.41) is 9.84. The van der Waals surface area contributed by atoms with Crippen LogP contribution in [0.15, 0.2) is 0 Å². The smallest absolute Gasteiger partial charge is 0.0595 e. The highest BCUT2D eigenvalue weighted by Gasteiger charge is 2.33. The van der Waals surface area contributed by atoms with E-state index in [4.69, 9.17) is 5.73 Å². The maximum Gasteiger partial charge on any atom is 0.0595 e. The van der Waals surface area contributed by atoms with Crippen LogP contribution in [-0.4, -0.2) is 16.2 Å². The van der Waals surface area contributed by atoms with Gasteiger partial charge in [0.25, 0.3) is 0 Å². The van der Waals surface area contributed by atoms with Crippen LogP contribution in [0.4, 0.5) is 0 Å². The van der Waals surface area contributed by atoms with Gasteiger partial charge in [-0.3, -0.25) is 0 Å². The molecular formula is C12H27NO. The molecule has 0 aliphatic carbocycles. The zero-order chi connectivity index (χ0) is 11.6. The average Bonchev–Trinajstić information content (AvgIpc) is 1.95. The van der Waals surface area contributed by atoms with Crippen molar-refractivity contribution in [3.8, 4) is 0 Å². The number of aliphatic hydroxyl groups is 1. The summed E-state index contributed by atoms with van der Waals surface area (Å²) in [6.45, 7) is 12.2. The van der Waals surface area contributed by atoms with Crippen molar-refractivity contribution in [2.75, 3.05) is 0 Å². The van der Waals surface area contributed by atoms with Gasteiger partial charge >= 0.3 is 0 Å². The topological polar surface area (TPSA) is 46.2 Å². The highest BCUT2D eigenvalue weighted by molar-refractivity contribution is 4.89. The Bertz CT molecular complexity index is 164. The van der Waals surface area contributed by atoms with Gasteiger partial charge in [-0.05, 0) is 46.0 Å². The summed E-state index contributed by atoms with van der Waals surface area (Å²) in [4.78, 5) is 0. The summed E-state index contributed by atoms with van der Waals surface area (Å²) < 4.78 is 0. The van der Waals surface area contributed by atoms with E-state index >= 15 is 0 Å². The molecule has 0 aromatic rings. The van der Waals surface area contributed by atoms with E-state index in [1.165, 1.54) is 0 Å². The van der Waals surface area contributed by atoms with Crippen LogP contribution in [0.2, 0.25) is 0 Å². The van der Waals surface area contributed by atoms with Crippen LogP contribution in [0.25, 0.3) is 0 Å². The fourth-order valence-electron chi connectivity index (χ4n) is 2.02. The number of rotatable bonds is 5. The second kappa shape index (κ2) is 4.63. The molecule has 0 spiro atoms. The molecule has 0 heterocycles. The van der Waals surface area contributed by atoms with Crippen molar-refractivity contribution >= 4 is 0 Å². The van der Waals surface area contributed by atoms with E-state index in [-0.39, 0.29) is 5.54 Å². The third kappa shape index (κ3) is 4.97. The maximum atomic E-state index is 9.84. The minimum absolute atomic E-state index is 0.213. The summed E-state index contributed by atoms with van der Waals surface area (Å²) in [6, 6.07) is 0. The molecule has 1 unspecified atom stereocenters. The second-order valence-corrected chi connectivity index (χ2v) is 5.83. The lowest BCUT2D eigenvalue weighted by Gasteiger charge is -2.38. The predicted octanol–water partition coefficient (Wildman–Crippen LogP) is 2.55. The third-order valence-corrected chi connectivity index (χ3v) is 3.01. The van der Waals surface area contributed by atoms with Crippen molar-refractivity contribution in [2.45, 2.75) is 65.5 Å². The molecule has 14 heavy (non-hydrogen) atoms. The van der Waals surface area contributed by atoms with Crippen LogP contribution in [-0.2, 0) is 0 Å².